The second-order valence-corrected chi connectivity index (χ2v) is 7.25. The van der Waals surface area contributed by atoms with Gasteiger partial charge in [-0.25, -0.2) is 17.2 Å². The van der Waals surface area contributed by atoms with E-state index < -0.39 is 44.2 Å². The van der Waals surface area contributed by atoms with Gasteiger partial charge in [0.15, 0.2) is 21.2 Å². The molecule has 8 nitrogen and oxygen atoms in total. The number of aliphatic imine (C=N–C) groups is 1. The predicted molar refractivity (Wildman–Crippen MR) is 90.2 cm³/mol. The minimum absolute atomic E-state index is 0.149. The van der Waals surface area contributed by atoms with E-state index in [1.165, 1.54) is 17.0 Å². The molecule has 0 saturated carbocycles. The van der Waals surface area contributed by atoms with Crippen LogP contribution in [0.3, 0.4) is 0 Å². The van der Waals surface area contributed by atoms with Crippen LogP contribution in [0.2, 0.25) is 0 Å². The van der Waals surface area contributed by atoms with Crippen LogP contribution in [-0.4, -0.2) is 31.1 Å². The number of aromatic nitrogens is 1. The zero-order valence-corrected chi connectivity index (χ0v) is 14.2. The van der Waals surface area contributed by atoms with E-state index in [9.17, 15) is 26.8 Å². The van der Waals surface area contributed by atoms with Gasteiger partial charge in [0.1, 0.15) is 0 Å². The van der Waals surface area contributed by atoms with Gasteiger partial charge in [-0.05, 0) is 12.1 Å². The van der Waals surface area contributed by atoms with Crippen molar-refractivity contribution in [2.24, 2.45) is 16.5 Å². The fourth-order valence-corrected chi connectivity index (χ4v) is 3.08. The van der Waals surface area contributed by atoms with Crippen LogP contribution in [0.15, 0.2) is 51.3 Å². The molecule has 1 heterocycles. The molecule has 0 bridgehead atoms. The number of nitrogens with zero attached hydrogens (tertiary/aromatic N) is 2. The summed E-state index contributed by atoms with van der Waals surface area (Å²) in [7, 11) is -3.93. The molecule has 0 aliphatic heterocycles. The second-order valence-electron chi connectivity index (χ2n) is 5.26. The van der Waals surface area contributed by atoms with Gasteiger partial charge in [-0.2, -0.15) is 4.99 Å². The summed E-state index contributed by atoms with van der Waals surface area (Å²) in [6.45, 7) is 0. The number of halogens is 2. The van der Waals surface area contributed by atoms with Crippen molar-refractivity contribution in [3.05, 3.63) is 58.0 Å². The SMILES string of the molecule is CS(=O)(=O)c1cc(C(=O)N=C(N)N)c(C(F)F)cc1-n1ccc(=O)cc1. The molecule has 1 aromatic carbocycles. The van der Waals surface area contributed by atoms with Crippen LogP contribution >= 0.6 is 0 Å². The van der Waals surface area contributed by atoms with E-state index in [0.717, 1.165) is 30.5 Å². The third kappa shape index (κ3) is 4.11. The molecule has 0 fully saturated rings. The van der Waals surface area contributed by atoms with Crippen LogP contribution in [0.5, 0.6) is 0 Å². The van der Waals surface area contributed by atoms with Crippen LogP contribution in [0.1, 0.15) is 22.3 Å². The fourth-order valence-electron chi connectivity index (χ4n) is 2.20. The number of nitrogens with two attached hydrogens (primary N) is 2. The van der Waals surface area contributed by atoms with Crippen LogP contribution in [0.25, 0.3) is 5.69 Å². The summed E-state index contributed by atoms with van der Waals surface area (Å²) < 4.78 is 52.3. The number of carbonyl (C=O) groups is 1. The number of hydrogen-bond donors (Lipinski definition) is 2. The normalized spacial score (nSPS) is 11.4. The van der Waals surface area contributed by atoms with Gasteiger partial charge in [0.25, 0.3) is 12.3 Å². The molecule has 0 unspecified atom stereocenters. The molecular formula is C15H14F2N4O4S. The summed E-state index contributed by atoms with van der Waals surface area (Å²) in [5, 5.41) is 0. The molecular weight excluding hydrogens is 370 g/mol. The summed E-state index contributed by atoms with van der Waals surface area (Å²) in [5.74, 6) is -1.85. The lowest BCUT2D eigenvalue weighted by Gasteiger charge is -2.15. The van der Waals surface area contributed by atoms with E-state index in [1.54, 1.807) is 0 Å². The van der Waals surface area contributed by atoms with E-state index in [4.69, 9.17) is 11.5 Å². The van der Waals surface area contributed by atoms with E-state index in [1.807, 2.05) is 0 Å². The highest BCUT2D eigenvalue weighted by Crippen LogP contribution is 2.31. The first-order valence-electron chi connectivity index (χ1n) is 6.99. The maximum atomic E-state index is 13.4. The molecule has 4 N–H and O–H groups in total. The minimum Gasteiger partial charge on any atom is -0.370 e. The maximum absolute atomic E-state index is 13.4. The number of alkyl halides is 2. The molecule has 138 valence electrons. The van der Waals surface area contributed by atoms with Crippen LogP contribution in [-0.2, 0) is 9.84 Å². The summed E-state index contributed by atoms with van der Waals surface area (Å²) in [6, 6.07) is 3.90. The van der Waals surface area contributed by atoms with E-state index in [0.29, 0.717) is 0 Å². The molecule has 1 amide bonds. The maximum Gasteiger partial charge on any atom is 0.280 e. The number of benzene rings is 1. The highest BCUT2D eigenvalue weighted by Gasteiger charge is 2.25. The van der Waals surface area contributed by atoms with Gasteiger partial charge >= 0.3 is 0 Å². The number of guanidine groups is 1. The lowest BCUT2D eigenvalue weighted by atomic mass is 10.1. The predicted octanol–water partition coefficient (Wildman–Crippen LogP) is 0.592. The average Bonchev–Trinajstić information content (AvgIpc) is 2.52. The van der Waals surface area contributed by atoms with Crippen molar-refractivity contribution in [2.75, 3.05) is 6.26 Å². The van der Waals surface area contributed by atoms with E-state index >= 15 is 0 Å². The third-order valence-corrected chi connectivity index (χ3v) is 4.43. The van der Waals surface area contributed by atoms with Gasteiger partial charge in [-0.15, -0.1) is 0 Å². The zero-order chi connectivity index (χ0) is 19.6. The quantitative estimate of drug-likeness (QED) is 0.585. The highest BCUT2D eigenvalue weighted by atomic mass is 32.2. The van der Waals surface area contributed by atoms with Crippen molar-refractivity contribution in [3.63, 3.8) is 0 Å². The molecule has 0 aliphatic rings. The molecule has 11 heteroatoms. The molecule has 1 aromatic heterocycles. The van der Waals surface area contributed by atoms with Crippen molar-refractivity contribution in [3.8, 4) is 5.69 Å². The Bertz CT molecular complexity index is 1040. The number of rotatable bonds is 4. The zero-order valence-electron chi connectivity index (χ0n) is 13.4. The van der Waals surface area contributed by atoms with Gasteiger partial charge in [0, 0.05) is 36.3 Å². The van der Waals surface area contributed by atoms with Crippen LogP contribution in [0, 0.1) is 0 Å². The Morgan fingerprint density at radius 1 is 1.19 bits per heavy atom. The van der Waals surface area contributed by atoms with Crippen molar-refractivity contribution in [1.29, 1.82) is 0 Å². The molecule has 2 aromatic rings. The Hall–Kier alpha value is -3.08. The second kappa shape index (κ2) is 7.04. The van der Waals surface area contributed by atoms with Gasteiger partial charge in [0.2, 0.25) is 0 Å². The molecule has 0 atom stereocenters. The first-order chi connectivity index (χ1) is 12.0. The molecule has 0 spiro atoms. The van der Waals surface area contributed by atoms with Crippen molar-refractivity contribution >= 4 is 21.7 Å². The third-order valence-electron chi connectivity index (χ3n) is 3.30. The molecule has 0 aliphatic carbocycles. The van der Waals surface area contributed by atoms with E-state index in [2.05, 4.69) is 4.99 Å². The molecule has 0 radical (unpaired) electrons. The lowest BCUT2D eigenvalue weighted by Crippen LogP contribution is -2.24. The number of carbonyl (C=O) groups excluding carboxylic acids is 1. The van der Waals surface area contributed by atoms with E-state index in [-0.39, 0.29) is 11.1 Å². The fraction of sp³-hybridized carbons (Fsp3) is 0.133. The number of sulfone groups is 1. The minimum atomic E-state index is -3.93. The van der Waals surface area contributed by atoms with Crippen LogP contribution < -0.4 is 16.9 Å². The summed E-state index contributed by atoms with van der Waals surface area (Å²) >= 11 is 0. The standard InChI is InChI=1S/C15H14F2N4O4S/c1-26(24,25)12-7-10(14(23)20-15(18)19)9(13(16)17)6-11(12)21-4-2-8(22)3-5-21/h2-7,13H,1H3,(H4,18,19,20,23). The average molecular weight is 384 g/mol. The molecule has 2 rings (SSSR count). The van der Waals surface area contributed by atoms with Gasteiger partial charge in [0.05, 0.1) is 16.1 Å². The molecule has 26 heavy (non-hydrogen) atoms. The van der Waals surface area contributed by atoms with Gasteiger partial charge < -0.3 is 16.0 Å². The summed E-state index contributed by atoms with van der Waals surface area (Å²) in [4.78, 5) is 26.0. The van der Waals surface area contributed by atoms with Crippen molar-refractivity contribution in [1.82, 2.24) is 4.57 Å². The van der Waals surface area contributed by atoms with Gasteiger partial charge in [-0.1, -0.05) is 0 Å². The van der Waals surface area contributed by atoms with Gasteiger partial charge in [-0.3, -0.25) is 9.59 Å². The van der Waals surface area contributed by atoms with Crippen molar-refractivity contribution < 1.29 is 22.0 Å². The summed E-state index contributed by atoms with van der Waals surface area (Å²) in [6.07, 6.45) is 0.193. The topological polar surface area (TPSA) is 138 Å². The lowest BCUT2D eigenvalue weighted by molar-refractivity contribution is 0.0988. The Balaban J connectivity index is 2.87. The van der Waals surface area contributed by atoms with Crippen molar-refractivity contribution in [2.45, 2.75) is 11.3 Å². The first-order valence-corrected chi connectivity index (χ1v) is 8.88. The molecule has 0 saturated heterocycles. The Morgan fingerprint density at radius 3 is 2.23 bits per heavy atom. The Morgan fingerprint density at radius 2 is 1.77 bits per heavy atom. The summed E-state index contributed by atoms with van der Waals surface area (Å²) in [5.41, 5.74) is 8.28. The highest BCUT2D eigenvalue weighted by molar-refractivity contribution is 7.90. The number of amides is 1. The Kier molecular flexibility index (Phi) is 5.21. The smallest absolute Gasteiger partial charge is 0.280 e. The number of pyridine rings is 1. The largest absolute Gasteiger partial charge is 0.370 e. The monoisotopic (exact) mass is 384 g/mol. The first kappa shape index (κ1) is 19.2. The Labute approximate surface area is 146 Å². The number of hydrogen-bond acceptors (Lipinski definition) is 4. The van der Waals surface area contributed by atoms with Crippen LogP contribution in [0.4, 0.5) is 8.78 Å².